The van der Waals surface area contributed by atoms with E-state index in [4.69, 9.17) is 0 Å². The Kier molecular flexibility index (Phi) is 3.49. The molecule has 1 aromatic rings. The maximum Gasteiger partial charge on any atom is 0.225 e. The zero-order chi connectivity index (χ0) is 11.4. The van der Waals surface area contributed by atoms with E-state index in [1.165, 1.54) is 25.0 Å². The summed E-state index contributed by atoms with van der Waals surface area (Å²) >= 11 is 0. The summed E-state index contributed by atoms with van der Waals surface area (Å²) in [5.74, 6) is 0.153. The molecule has 2 rings (SSSR count). The summed E-state index contributed by atoms with van der Waals surface area (Å²) in [4.78, 5) is 15.2. The second kappa shape index (κ2) is 5.05. The molecule has 0 radical (unpaired) electrons. The van der Waals surface area contributed by atoms with Crippen molar-refractivity contribution in [2.45, 2.75) is 32.1 Å². The molecule has 0 atom stereocenters. The average molecular weight is 222 g/mol. The van der Waals surface area contributed by atoms with Gasteiger partial charge in [-0.15, -0.1) is 0 Å². The monoisotopic (exact) mass is 222 g/mol. The van der Waals surface area contributed by atoms with Crippen LogP contribution in [0.5, 0.6) is 0 Å². The van der Waals surface area contributed by atoms with Crippen LogP contribution in [0.1, 0.15) is 32.1 Å². The number of amides is 1. The van der Waals surface area contributed by atoms with Crippen LogP contribution in [0, 0.1) is 11.9 Å². The first kappa shape index (κ1) is 11.0. The molecule has 1 aromatic heterocycles. The molecule has 4 heteroatoms. The highest BCUT2D eigenvalue weighted by Crippen LogP contribution is 2.27. The third kappa shape index (κ3) is 3.02. The van der Waals surface area contributed by atoms with Crippen LogP contribution in [0.4, 0.5) is 10.2 Å². The summed E-state index contributed by atoms with van der Waals surface area (Å²) in [6.07, 6.45) is 5.22. The zero-order valence-electron chi connectivity index (χ0n) is 9.08. The van der Waals surface area contributed by atoms with Crippen LogP contribution in [0.25, 0.3) is 0 Å². The normalized spacial score (nSPS) is 16.3. The van der Waals surface area contributed by atoms with Gasteiger partial charge >= 0.3 is 0 Å². The zero-order valence-corrected chi connectivity index (χ0v) is 9.08. The Hall–Kier alpha value is -1.45. The number of hydrogen-bond acceptors (Lipinski definition) is 2. The minimum Gasteiger partial charge on any atom is -0.311 e. The van der Waals surface area contributed by atoms with Crippen molar-refractivity contribution < 1.29 is 9.18 Å². The summed E-state index contributed by atoms with van der Waals surface area (Å²) in [7, 11) is 0. The summed E-state index contributed by atoms with van der Waals surface area (Å²) in [5.41, 5.74) is 0. The van der Waals surface area contributed by atoms with E-state index in [2.05, 4.69) is 10.3 Å². The van der Waals surface area contributed by atoms with Crippen molar-refractivity contribution in [1.82, 2.24) is 4.98 Å². The lowest BCUT2D eigenvalue weighted by Crippen LogP contribution is -2.16. The molecular formula is C12H15FN2O. The van der Waals surface area contributed by atoms with Gasteiger partial charge in [-0.1, -0.05) is 18.9 Å². The molecular weight excluding hydrogens is 207 g/mol. The van der Waals surface area contributed by atoms with Crippen molar-refractivity contribution in [2.75, 3.05) is 5.32 Å². The SMILES string of the molecule is O=C(CC1CCCC1)Nc1cccc(F)n1. The minimum absolute atomic E-state index is 0.0648. The highest BCUT2D eigenvalue weighted by Gasteiger charge is 2.18. The van der Waals surface area contributed by atoms with Crippen molar-refractivity contribution in [3.05, 3.63) is 24.1 Å². The molecule has 1 aliphatic carbocycles. The van der Waals surface area contributed by atoms with E-state index in [1.807, 2.05) is 0 Å². The van der Waals surface area contributed by atoms with Gasteiger partial charge in [-0.05, 0) is 30.9 Å². The van der Waals surface area contributed by atoms with Crippen molar-refractivity contribution in [3.8, 4) is 0 Å². The number of hydrogen-bond donors (Lipinski definition) is 1. The molecule has 16 heavy (non-hydrogen) atoms. The van der Waals surface area contributed by atoms with Gasteiger partial charge in [0.15, 0.2) is 0 Å². The molecule has 0 unspecified atom stereocenters. The number of halogens is 1. The number of anilines is 1. The van der Waals surface area contributed by atoms with Crippen molar-refractivity contribution >= 4 is 11.7 Å². The Morgan fingerprint density at radius 2 is 2.19 bits per heavy atom. The molecule has 0 aromatic carbocycles. The lowest BCUT2D eigenvalue weighted by atomic mass is 10.0. The number of carbonyl (C=O) groups is 1. The van der Waals surface area contributed by atoms with E-state index in [0.29, 0.717) is 18.2 Å². The molecule has 0 aliphatic heterocycles. The third-order valence-electron chi connectivity index (χ3n) is 2.93. The topological polar surface area (TPSA) is 42.0 Å². The maximum absolute atomic E-state index is 12.8. The Balaban J connectivity index is 1.86. The number of nitrogens with one attached hydrogen (secondary N) is 1. The van der Waals surface area contributed by atoms with E-state index in [1.54, 1.807) is 6.07 Å². The number of nitrogens with zero attached hydrogens (tertiary/aromatic N) is 1. The van der Waals surface area contributed by atoms with Crippen molar-refractivity contribution in [1.29, 1.82) is 0 Å². The van der Waals surface area contributed by atoms with Crippen LogP contribution in [-0.4, -0.2) is 10.9 Å². The van der Waals surface area contributed by atoms with Gasteiger partial charge in [0.2, 0.25) is 11.9 Å². The molecule has 1 N–H and O–H groups in total. The smallest absolute Gasteiger partial charge is 0.225 e. The summed E-state index contributed by atoms with van der Waals surface area (Å²) in [5, 5.41) is 2.62. The van der Waals surface area contributed by atoms with Gasteiger partial charge in [0.05, 0.1) is 0 Å². The molecule has 0 bridgehead atoms. The number of aromatic nitrogens is 1. The standard InChI is InChI=1S/C12H15FN2O/c13-10-6-3-7-11(14-10)15-12(16)8-9-4-1-2-5-9/h3,6-7,9H,1-2,4-5,8H2,(H,14,15,16). The Morgan fingerprint density at radius 1 is 1.44 bits per heavy atom. The second-order valence-corrected chi connectivity index (χ2v) is 4.25. The van der Waals surface area contributed by atoms with Crippen molar-refractivity contribution in [2.24, 2.45) is 5.92 Å². The van der Waals surface area contributed by atoms with E-state index in [9.17, 15) is 9.18 Å². The van der Waals surface area contributed by atoms with Crippen LogP contribution < -0.4 is 5.32 Å². The fourth-order valence-electron chi connectivity index (χ4n) is 2.15. The van der Waals surface area contributed by atoms with Crippen LogP contribution >= 0.6 is 0 Å². The first-order chi connectivity index (χ1) is 7.74. The third-order valence-corrected chi connectivity index (χ3v) is 2.93. The van der Waals surface area contributed by atoms with Crippen LogP contribution in [0.2, 0.25) is 0 Å². The number of rotatable bonds is 3. The first-order valence-corrected chi connectivity index (χ1v) is 5.66. The minimum atomic E-state index is -0.571. The molecule has 0 saturated heterocycles. The van der Waals surface area contributed by atoms with Crippen LogP contribution in [-0.2, 0) is 4.79 Å². The predicted octanol–water partition coefficient (Wildman–Crippen LogP) is 2.74. The lowest BCUT2D eigenvalue weighted by molar-refractivity contribution is -0.117. The summed E-state index contributed by atoms with van der Waals surface area (Å²) in [6, 6.07) is 4.38. The maximum atomic E-state index is 12.8. The Bertz CT molecular complexity index is 375. The van der Waals surface area contributed by atoms with Crippen LogP contribution in [0.3, 0.4) is 0 Å². The summed E-state index contributed by atoms with van der Waals surface area (Å²) < 4.78 is 12.8. The van der Waals surface area contributed by atoms with Gasteiger partial charge in [0.25, 0.3) is 0 Å². The number of pyridine rings is 1. The Morgan fingerprint density at radius 3 is 2.88 bits per heavy atom. The van der Waals surface area contributed by atoms with Gasteiger partial charge in [-0.25, -0.2) is 4.98 Å². The molecule has 1 amide bonds. The highest BCUT2D eigenvalue weighted by molar-refractivity contribution is 5.89. The van der Waals surface area contributed by atoms with Gasteiger partial charge in [0.1, 0.15) is 5.82 Å². The van der Waals surface area contributed by atoms with E-state index in [0.717, 1.165) is 12.8 Å². The highest BCUT2D eigenvalue weighted by atomic mass is 19.1. The molecule has 1 heterocycles. The molecule has 1 fully saturated rings. The summed E-state index contributed by atoms with van der Waals surface area (Å²) in [6.45, 7) is 0. The molecule has 86 valence electrons. The van der Waals surface area contributed by atoms with Crippen LogP contribution in [0.15, 0.2) is 18.2 Å². The molecule has 3 nitrogen and oxygen atoms in total. The van der Waals surface area contributed by atoms with Gasteiger partial charge in [-0.3, -0.25) is 4.79 Å². The van der Waals surface area contributed by atoms with Crippen molar-refractivity contribution in [3.63, 3.8) is 0 Å². The lowest BCUT2D eigenvalue weighted by Gasteiger charge is -2.08. The van der Waals surface area contributed by atoms with E-state index in [-0.39, 0.29) is 5.91 Å². The fraction of sp³-hybridized carbons (Fsp3) is 0.500. The first-order valence-electron chi connectivity index (χ1n) is 5.66. The van der Waals surface area contributed by atoms with Gasteiger partial charge < -0.3 is 5.32 Å². The largest absolute Gasteiger partial charge is 0.311 e. The number of carbonyl (C=O) groups excluding carboxylic acids is 1. The van der Waals surface area contributed by atoms with Gasteiger partial charge in [0, 0.05) is 6.42 Å². The average Bonchev–Trinajstić information content (AvgIpc) is 2.70. The fourth-order valence-corrected chi connectivity index (χ4v) is 2.15. The second-order valence-electron chi connectivity index (χ2n) is 4.25. The molecule has 1 saturated carbocycles. The van der Waals surface area contributed by atoms with E-state index >= 15 is 0 Å². The predicted molar refractivity (Wildman–Crippen MR) is 59.4 cm³/mol. The molecule has 1 aliphatic rings. The molecule has 0 spiro atoms. The van der Waals surface area contributed by atoms with Gasteiger partial charge in [-0.2, -0.15) is 4.39 Å². The quantitative estimate of drug-likeness (QED) is 0.799. The van der Waals surface area contributed by atoms with E-state index < -0.39 is 5.95 Å². The Labute approximate surface area is 94.1 Å².